The molecule has 6 heteroatoms. The summed E-state index contributed by atoms with van der Waals surface area (Å²) >= 11 is 0. The van der Waals surface area contributed by atoms with Crippen molar-refractivity contribution in [2.45, 2.75) is 24.7 Å². The highest BCUT2D eigenvalue weighted by molar-refractivity contribution is 7.91. The minimum absolute atomic E-state index is 0.0985. The van der Waals surface area contributed by atoms with E-state index in [1.807, 2.05) is 11.9 Å². The molecule has 0 bridgehead atoms. The number of methoxy groups -OCH3 is 1. The number of carbonyl (C=O) groups excluding carboxylic acids is 1. The molecule has 0 aliphatic carbocycles. The lowest BCUT2D eigenvalue weighted by Crippen LogP contribution is -2.19. The predicted octanol–water partition coefficient (Wildman–Crippen LogP) is 1.87. The lowest BCUT2D eigenvalue weighted by Gasteiger charge is -2.19. The van der Waals surface area contributed by atoms with Crippen LogP contribution in [0.2, 0.25) is 0 Å². The van der Waals surface area contributed by atoms with Crippen LogP contribution >= 0.6 is 0 Å². The van der Waals surface area contributed by atoms with Gasteiger partial charge in [0.05, 0.1) is 17.8 Å². The molecule has 0 heterocycles. The molecule has 20 heavy (non-hydrogen) atoms. The van der Waals surface area contributed by atoms with E-state index in [9.17, 15) is 13.2 Å². The van der Waals surface area contributed by atoms with Crippen molar-refractivity contribution in [1.29, 1.82) is 0 Å². The topological polar surface area (TPSA) is 63.7 Å². The summed E-state index contributed by atoms with van der Waals surface area (Å²) in [6, 6.07) is 6.79. The molecule has 0 aliphatic rings. The molecular weight excluding hydrogens is 278 g/mol. The molecule has 0 fully saturated rings. The van der Waals surface area contributed by atoms with E-state index in [0.29, 0.717) is 24.3 Å². The minimum Gasteiger partial charge on any atom is -0.469 e. The van der Waals surface area contributed by atoms with Crippen molar-refractivity contribution in [2.75, 3.05) is 31.4 Å². The first-order valence-electron chi connectivity index (χ1n) is 6.51. The largest absolute Gasteiger partial charge is 0.469 e. The molecule has 0 atom stereocenters. The summed E-state index contributed by atoms with van der Waals surface area (Å²) in [5.74, 6) is -0.121. The number of benzene rings is 1. The maximum Gasteiger partial charge on any atom is 0.305 e. The first-order valence-corrected chi connectivity index (χ1v) is 8.16. The summed E-state index contributed by atoms with van der Waals surface area (Å²) in [6.07, 6.45) is 1.07. The second kappa shape index (κ2) is 7.28. The zero-order chi connectivity index (χ0) is 15.2. The fraction of sp³-hybridized carbons (Fsp3) is 0.500. The number of carbonyl (C=O) groups is 1. The van der Waals surface area contributed by atoms with E-state index in [4.69, 9.17) is 0 Å². The molecule has 112 valence electrons. The Morgan fingerprint density at radius 2 is 1.85 bits per heavy atom. The highest BCUT2D eigenvalue weighted by Gasteiger charge is 2.11. The first-order chi connectivity index (χ1) is 9.40. The molecule has 0 aliphatic heterocycles. The quantitative estimate of drug-likeness (QED) is 0.719. The third-order valence-corrected chi connectivity index (χ3v) is 4.87. The molecule has 1 aromatic carbocycles. The van der Waals surface area contributed by atoms with Gasteiger partial charge in [-0.25, -0.2) is 8.42 Å². The van der Waals surface area contributed by atoms with E-state index in [0.717, 1.165) is 5.69 Å². The number of anilines is 1. The van der Waals surface area contributed by atoms with Crippen LogP contribution in [-0.4, -0.2) is 40.8 Å². The van der Waals surface area contributed by atoms with Crippen LogP contribution in [0.5, 0.6) is 0 Å². The SMILES string of the molecule is CCS(=O)(=O)c1ccc(N(C)CCCC(=O)OC)cc1. The fourth-order valence-corrected chi connectivity index (χ4v) is 2.65. The van der Waals surface area contributed by atoms with Crippen LogP contribution in [0.25, 0.3) is 0 Å². The summed E-state index contributed by atoms with van der Waals surface area (Å²) in [4.78, 5) is 13.3. The van der Waals surface area contributed by atoms with Gasteiger partial charge in [0.2, 0.25) is 0 Å². The van der Waals surface area contributed by atoms with Crippen molar-refractivity contribution in [3.05, 3.63) is 24.3 Å². The van der Waals surface area contributed by atoms with Gasteiger partial charge in [0.1, 0.15) is 0 Å². The number of hydrogen-bond donors (Lipinski definition) is 0. The molecule has 0 unspecified atom stereocenters. The van der Waals surface area contributed by atoms with Gasteiger partial charge < -0.3 is 9.64 Å². The number of rotatable bonds is 7. The van der Waals surface area contributed by atoms with Gasteiger partial charge in [-0.05, 0) is 30.7 Å². The molecule has 0 saturated carbocycles. The Morgan fingerprint density at radius 3 is 2.35 bits per heavy atom. The van der Waals surface area contributed by atoms with Crippen LogP contribution in [0.15, 0.2) is 29.2 Å². The maximum absolute atomic E-state index is 11.7. The Morgan fingerprint density at radius 1 is 1.25 bits per heavy atom. The van der Waals surface area contributed by atoms with Crippen molar-refractivity contribution in [1.82, 2.24) is 0 Å². The van der Waals surface area contributed by atoms with Crippen molar-refractivity contribution in [3.8, 4) is 0 Å². The standard InChI is InChI=1S/C14H21NO4S/c1-4-20(17,18)13-9-7-12(8-10-13)15(2)11-5-6-14(16)19-3/h7-10H,4-6,11H2,1-3H3. The molecular formula is C14H21NO4S. The number of sulfone groups is 1. The van der Waals surface area contributed by atoms with Crippen molar-refractivity contribution >= 4 is 21.5 Å². The molecule has 5 nitrogen and oxygen atoms in total. The summed E-state index contributed by atoms with van der Waals surface area (Å²) < 4.78 is 28.0. The van der Waals surface area contributed by atoms with Gasteiger partial charge in [-0.3, -0.25) is 4.79 Å². The van der Waals surface area contributed by atoms with Gasteiger partial charge in [-0.1, -0.05) is 6.92 Å². The van der Waals surface area contributed by atoms with Crippen LogP contribution < -0.4 is 4.90 Å². The molecule has 0 aromatic heterocycles. The Bertz CT molecular complexity index is 537. The Hall–Kier alpha value is -1.56. The van der Waals surface area contributed by atoms with Crippen LogP contribution in [0.4, 0.5) is 5.69 Å². The Kier molecular flexibility index (Phi) is 6.01. The predicted molar refractivity (Wildman–Crippen MR) is 78.7 cm³/mol. The smallest absolute Gasteiger partial charge is 0.305 e. The van der Waals surface area contributed by atoms with Crippen molar-refractivity contribution in [3.63, 3.8) is 0 Å². The highest BCUT2D eigenvalue weighted by atomic mass is 32.2. The summed E-state index contributed by atoms with van der Waals surface area (Å²) in [5, 5.41) is 0. The van der Waals surface area contributed by atoms with E-state index in [2.05, 4.69) is 4.74 Å². The molecule has 1 rings (SSSR count). The van der Waals surface area contributed by atoms with E-state index in [-0.39, 0.29) is 11.7 Å². The third kappa shape index (κ3) is 4.52. The lowest BCUT2D eigenvalue weighted by atomic mass is 10.2. The first kappa shape index (κ1) is 16.5. The summed E-state index contributed by atoms with van der Waals surface area (Å²) in [5.41, 5.74) is 0.921. The molecule has 1 aromatic rings. The Labute approximate surface area is 120 Å². The average Bonchev–Trinajstić information content (AvgIpc) is 2.47. The number of nitrogens with zero attached hydrogens (tertiary/aromatic N) is 1. The van der Waals surface area contributed by atoms with E-state index < -0.39 is 9.84 Å². The minimum atomic E-state index is -3.15. The summed E-state index contributed by atoms with van der Waals surface area (Å²) in [7, 11) is 0.125. The van der Waals surface area contributed by atoms with E-state index in [1.54, 1.807) is 31.2 Å². The molecule has 0 spiro atoms. The molecule has 0 amide bonds. The normalized spacial score (nSPS) is 11.2. The number of hydrogen-bond acceptors (Lipinski definition) is 5. The van der Waals surface area contributed by atoms with E-state index >= 15 is 0 Å². The number of esters is 1. The van der Waals surface area contributed by atoms with Gasteiger partial charge in [0.15, 0.2) is 9.84 Å². The van der Waals surface area contributed by atoms with Gasteiger partial charge in [0, 0.05) is 25.7 Å². The van der Waals surface area contributed by atoms with Gasteiger partial charge in [-0.15, -0.1) is 0 Å². The van der Waals surface area contributed by atoms with Crippen molar-refractivity contribution < 1.29 is 17.9 Å². The van der Waals surface area contributed by atoms with Crippen LogP contribution in [0, 0.1) is 0 Å². The maximum atomic E-state index is 11.7. The second-order valence-corrected chi connectivity index (χ2v) is 6.78. The zero-order valence-corrected chi connectivity index (χ0v) is 12.9. The zero-order valence-electron chi connectivity index (χ0n) is 12.1. The van der Waals surface area contributed by atoms with Crippen molar-refractivity contribution in [2.24, 2.45) is 0 Å². The van der Waals surface area contributed by atoms with Crippen LogP contribution in [-0.2, 0) is 19.4 Å². The molecule has 0 saturated heterocycles. The molecule has 0 N–H and O–H groups in total. The van der Waals surface area contributed by atoms with Gasteiger partial charge in [-0.2, -0.15) is 0 Å². The van der Waals surface area contributed by atoms with Gasteiger partial charge >= 0.3 is 5.97 Å². The molecule has 0 radical (unpaired) electrons. The highest BCUT2D eigenvalue weighted by Crippen LogP contribution is 2.18. The van der Waals surface area contributed by atoms with Gasteiger partial charge in [0.25, 0.3) is 0 Å². The second-order valence-electron chi connectivity index (χ2n) is 4.50. The van der Waals surface area contributed by atoms with Crippen LogP contribution in [0.1, 0.15) is 19.8 Å². The van der Waals surface area contributed by atoms with Crippen LogP contribution in [0.3, 0.4) is 0 Å². The third-order valence-electron chi connectivity index (χ3n) is 3.12. The fourth-order valence-electron chi connectivity index (χ4n) is 1.77. The van der Waals surface area contributed by atoms with E-state index in [1.165, 1.54) is 7.11 Å². The lowest BCUT2D eigenvalue weighted by molar-refractivity contribution is -0.140. The Balaban J connectivity index is 2.62. The monoisotopic (exact) mass is 299 g/mol. The number of ether oxygens (including phenoxy) is 1. The summed E-state index contributed by atoms with van der Waals surface area (Å²) in [6.45, 7) is 2.33. The average molecular weight is 299 g/mol.